The summed E-state index contributed by atoms with van der Waals surface area (Å²) in [5.74, 6) is -4.11. The van der Waals surface area contributed by atoms with Crippen LogP contribution in [0.3, 0.4) is 0 Å². The molecule has 1 unspecified atom stereocenters. The Morgan fingerprint density at radius 1 is 1.13 bits per heavy atom. The molecule has 38 heavy (non-hydrogen) atoms. The van der Waals surface area contributed by atoms with Gasteiger partial charge in [0.2, 0.25) is 0 Å². The molecule has 0 fully saturated rings. The molecule has 0 aliphatic heterocycles. The van der Waals surface area contributed by atoms with Crippen LogP contribution in [0.4, 0.5) is 8.78 Å². The number of halogens is 2. The van der Waals surface area contributed by atoms with Gasteiger partial charge in [-0.05, 0) is 79.3 Å². The van der Waals surface area contributed by atoms with Gasteiger partial charge in [-0.15, -0.1) is 0 Å². The fourth-order valence-electron chi connectivity index (χ4n) is 4.51. The Hall–Kier alpha value is -4.60. The Morgan fingerprint density at radius 2 is 1.89 bits per heavy atom. The zero-order chi connectivity index (χ0) is 27.6. The Balaban J connectivity index is 1.54. The van der Waals surface area contributed by atoms with Gasteiger partial charge in [-0.2, -0.15) is 5.10 Å². The minimum absolute atomic E-state index is 0.0404. The van der Waals surface area contributed by atoms with Gasteiger partial charge in [0.25, 0.3) is 11.8 Å². The van der Waals surface area contributed by atoms with Crippen LogP contribution in [0.5, 0.6) is 0 Å². The SMILES string of the molecule is C=C(/C=C(/C(=O)NC1CCc2c1ccc(C(=O)O)c2C)n1nccc1C)C(=O)NCc1ccc(F)c(F)c1. The maximum atomic E-state index is 13.5. The van der Waals surface area contributed by atoms with Crippen LogP contribution in [-0.4, -0.2) is 32.7 Å². The van der Waals surface area contributed by atoms with Crippen molar-refractivity contribution in [1.29, 1.82) is 0 Å². The van der Waals surface area contributed by atoms with Gasteiger partial charge in [0, 0.05) is 24.0 Å². The molecule has 3 N–H and O–H groups in total. The van der Waals surface area contributed by atoms with Crippen LogP contribution in [0.2, 0.25) is 0 Å². The third kappa shape index (κ3) is 5.39. The standard InChI is InChI=1S/C28H26F2N4O4/c1-15(26(35)31-14-18-4-8-22(29)23(30)13-18)12-25(34-16(2)10-11-32-34)27(36)33-24-9-7-19-17(3)20(28(37)38)5-6-21(19)24/h4-6,8,10-13,24H,1,7,9,14H2,2-3H3,(H,31,35)(H,33,36)(H,37,38)/b25-12-. The summed E-state index contributed by atoms with van der Waals surface area (Å²) in [5, 5.41) is 19.2. The first-order valence-electron chi connectivity index (χ1n) is 11.9. The monoisotopic (exact) mass is 520 g/mol. The minimum Gasteiger partial charge on any atom is -0.478 e. The maximum absolute atomic E-state index is 13.5. The van der Waals surface area contributed by atoms with Gasteiger partial charge in [-0.1, -0.05) is 18.7 Å². The summed E-state index contributed by atoms with van der Waals surface area (Å²) >= 11 is 0. The van der Waals surface area contributed by atoms with E-state index in [2.05, 4.69) is 22.3 Å². The third-order valence-electron chi connectivity index (χ3n) is 6.56. The van der Waals surface area contributed by atoms with E-state index in [1.807, 2.05) is 0 Å². The zero-order valence-electron chi connectivity index (χ0n) is 20.8. The summed E-state index contributed by atoms with van der Waals surface area (Å²) in [4.78, 5) is 37.6. The van der Waals surface area contributed by atoms with Gasteiger partial charge >= 0.3 is 5.97 Å². The molecule has 2 aromatic carbocycles. The first-order valence-corrected chi connectivity index (χ1v) is 11.9. The predicted octanol–water partition coefficient (Wildman–Crippen LogP) is 3.99. The zero-order valence-corrected chi connectivity index (χ0v) is 20.8. The number of amides is 2. The largest absolute Gasteiger partial charge is 0.478 e. The fourth-order valence-corrected chi connectivity index (χ4v) is 4.51. The lowest BCUT2D eigenvalue weighted by molar-refractivity contribution is -0.117. The van der Waals surface area contributed by atoms with Gasteiger partial charge in [0.1, 0.15) is 5.70 Å². The number of aromatic nitrogens is 2. The summed E-state index contributed by atoms with van der Waals surface area (Å²) in [6, 6.07) is 7.92. The fraction of sp³-hybridized carbons (Fsp3) is 0.214. The first-order chi connectivity index (χ1) is 18.1. The lowest BCUT2D eigenvalue weighted by Gasteiger charge is -2.18. The molecule has 196 valence electrons. The second-order valence-electron chi connectivity index (χ2n) is 9.05. The molecule has 8 nitrogen and oxygen atoms in total. The highest BCUT2D eigenvalue weighted by Gasteiger charge is 2.29. The lowest BCUT2D eigenvalue weighted by atomic mass is 9.98. The lowest BCUT2D eigenvalue weighted by Crippen LogP contribution is -2.31. The molecule has 3 aromatic rings. The van der Waals surface area contributed by atoms with Crippen LogP contribution in [-0.2, 0) is 22.6 Å². The van der Waals surface area contributed by atoms with Gasteiger partial charge in [0.15, 0.2) is 11.6 Å². The van der Waals surface area contributed by atoms with E-state index in [1.165, 1.54) is 29.1 Å². The number of aryl methyl sites for hydroxylation is 1. The van der Waals surface area contributed by atoms with E-state index in [9.17, 15) is 28.3 Å². The third-order valence-corrected chi connectivity index (χ3v) is 6.56. The van der Waals surface area contributed by atoms with Gasteiger partial charge < -0.3 is 15.7 Å². The Labute approximate surface area is 217 Å². The minimum atomic E-state index is -1.02. The van der Waals surface area contributed by atoms with E-state index in [4.69, 9.17) is 0 Å². The van der Waals surface area contributed by atoms with Crippen molar-refractivity contribution < 1.29 is 28.3 Å². The number of carbonyl (C=O) groups is 3. The Kier molecular flexibility index (Phi) is 7.52. The molecule has 1 aliphatic rings. The van der Waals surface area contributed by atoms with Crippen molar-refractivity contribution in [2.45, 2.75) is 39.3 Å². The quantitative estimate of drug-likeness (QED) is 0.307. The summed E-state index contributed by atoms with van der Waals surface area (Å²) in [6.07, 6.45) is 4.03. The average molecular weight is 521 g/mol. The molecular formula is C28H26F2N4O4. The number of benzene rings is 2. The van der Waals surface area contributed by atoms with E-state index < -0.39 is 29.4 Å². The molecule has 0 saturated heterocycles. The maximum Gasteiger partial charge on any atom is 0.335 e. The Bertz CT molecular complexity index is 1490. The van der Waals surface area contributed by atoms with Crippen LogP contribution in [0.1, 0.15) is 50.8 Å². The van der Waals surface area contributed by atoms with Crippen LogP contribution >= 0.6 is 0 Å². The topological polar surface area (TPSA) is 113 Å². The van der Waals surface area contributed by atoms with E-state index in [0.29, 0.717) is 29.7 Å². The highest BCUT2D eigenvalue weighted by molar-refractivity contribution is 6.16. The van der Waals surface area contributed by atoms with Crippen molar-refractivity contribution in [3.8, 4) is 0 Å². The number of hydrogen-bond donors (Lipinski definition) is 3. The van der Waals surface area contributed by atoms with Crippen LogP contribution in [0.15, 0.2) is 60.8 Å². The number of aromatic carboxylic acids is 1. The smallest absolute Gasteiger partial charge is 0.335 e. The molecule has 1 aromatic heterocycles. The molecular weight excluding hydrogens is 494 g/mol. The second-order valence-corrected chi connectivity index (χ2v) is 9.05. The number of carboxylic acids is 1. The van der Waals surface area contributed by atoms with E-state index in [0.717, 1.165) is 23.3 Å². The number of nitrogens with zero attached hydrogens (tertiary/aromatic N) is 2. The molecule has 4 rings (SSSR count). The number of hydrogen-bond acceptors (Lipinski definition) is 4. The molecule has 1 aliphatic carbocycles. The van der Waals surface area contributed by atoms with Crippen LogP contribution in [0.25, 0.3) is 5.70 Å². The number of nitrogens with one attached hydrogen (secondary N) is 2. The second kappa shape index (κ2) is 10.8. The number of carboxylic acid groups (broad SMARTS) is 1. The number of carbonyl (C=O) groups excluding carboxylic acids is 2. The van der Waals surface area contributed by atoms with Gasteiger partial charge in [-0.3, -0.25) is 9.59 Å². The molecule has 1 heterocycles. The average Bonchev–Trinajstić information content (AvgIpc) is 3.49. The summed E-state index contributed by atoms with van der Waals surface area (Å²) in [7, 11) is 0. The van der Waals surface area contributed by atoms with Crippen LogP contribution in [0, 0.1) is 25.5 Å². The van der Waals surface area contributed by atoms with E-state index in [1.54, 1.807) is 26.0 Å². The van der Waals surface area contributed by atoms with Crippen molar-refractivity contribution in [2.75, 3.05) is 0 Å². The number of fused-ring (bicyclic) bond motifs is 1. The number of rotatable bonds is 8. The molecule has 0 radical (unpaired) electrons. The molecule has 10 heteroatoms. The Morgan fingerprint density at radius 3 is 2.55 bits per heavy atom. The van der Waals surface area contributed by atoms with Crippen molar-refractivity contribution >= 4 is 23.5 Å². The molecule has 0 bridgehead atoms. The van der Waals surface area contributed by atoms with Gasteiger partial charge in [0.05, 0.1) is 11.6 Å². The highest BCUT2D eigenvalue weighted by atomic mass is 19.2. The van der Waals surface area contributed by atoms with Gasteiger partial charge in [-0.25, -0.2) is 18.3 Å². The molecule has 1 atom stereocenters. The first kappa shape index (κ1) is 26.5. The van der Waals surface area contributed by atoms with E-state index in [-0.39, 0.29) is 29.4 Å². The normalized spacial score (nSPS) is 14.6. The van der Waals surface area contributed by atoms with Crippen molar-refractivity contribution in [2.24, 2.45) is 0 Å². The van der Waals surface area contributed by atoms with Crippen molar-refractivity contribution in [3.63, 3.8) is 0 Å². The predicted molar refractivity (Wildman–Crippen MR) is 136 cm³/mol. The van der Waals surface area contributed by atoms with Crippen molar-refractivity contribution in [1.82, 2.24) is 20.4 Å². The van der Waals surface area contributed by atoms with Crippen LogP contribution < -0.4 is 10.6 Å². The summed E-state index contributed by atoms with van der Waals surface area (Å²) in [5.41, 5.74) is 3.68. The highest BCUT2D eigenvalue weighted by Crippen LogP contribution is 2.35. The van der Waals surface area contributed by atoms with Crippen molar-refractivity contribution in [3.05, 3.63) is 106 Å². The molecule has 2 amide bonds. The molecule has 0 spiro atoms. The molecule has 0 saturated carbocycles. The summed E-state index contributed by atoms with van der Waals surface area (Å²) in [6.45, 7) is 7.21. The van der Waals surface area contributed by atoms with E-state index >= 15 is 0 Å². The summed E-state index contributed by atoms with van der Waals surface area (Å²) < 4.78 is 28.0.